The van der Waals surface area contributed by atoms with Crippen LogP contribution in [-0.2, 0) is 16.0 Å². The maximum absolute atomic E-state index is 12.8. The lowest BCUT2D eigenvalue weighted by molar-refractivity contribution is -0.149. The Labute approximate surface area is 123 Å². The van der Waals surface area contributed by atoms with Gasteiger partial charge in [0.05, 0.1) is 5.41 Å². The van der Waals surface area contributed by atoms with Crippen LogP contribution in [0.2, 0.25) is 0 Å². The molecule has 1 aliphatic carbocycles. The number of aryl methyl sites for hydroxylation is 1. The van der Waals surface area contributed by atoms with Gasteiger partial charge in [-0.2, -0.15) is 0 Å². The SMILES string of the molecule is CC1(C(=O)O)CCCC1NC(=O)CCc1ccc(F)cc1. The van der Waals surface area contributed by atoms with Crippen molar-refractivity contribution < 1.29 is 19.1 Å². The number of carboxylic acid groups (broad SMARTS) is 1. The van der Waals surface area contributed by atoms with E-state index >= 15 is 0 Å². The molecule has 4 nitrogen and oxygen atoms in total. The number of amides is 1. The van der Waals surface area contributed by atoms with Gasteiger partial charge in [-0.25, -0.2) is 4.39 Å². The van der Waals surface area contributed by atoms with Gasteiger partial charge in [0.25, 0.3) is 0 Å². The molecule has 1 aromatic carbocycles. The van der Waals surface area contributed by atoms with Crippen molar-refractivity contribution in [2.24, 2.45) is 5.41 Å². The zero-order valence-electron chi connectivity index (χ0n) is 12.1. The Morgan fingerprint density at radius 2 is 2.05 bits per heavy atom. The van der Waals surface area contributed by atoms with Crippen LogP contribution >= 0.6 is 0 Å². The molecule has 0 saturated heterocycles. The predicted octanol–water partition coefficient (Wildman–Crippen LogP) is 2.52. The molecule has 0 bridgehead atoms. The van der Waals surface area contributed by atoms with Crippen molar-refractivity contribution in [1.82, 2.24) is 5.32 Å². The van der Waals surface area contributed by atoms with Gasteiger partial charge in [-0.3, -0.25) is 9.59 Å². The quantitative estimate of drug-likeness (QED) is 0.876. The Hall–Kier alpha value is -1.91. The topological polar surface area (TPSA) is 66.4 Å². The van der Waals surface area contributed by atoms with E-state index in [1.807, 2.05) is 0 Å². The number of benzene rings is 1. The van der Waals surface area contributed by atoms with Crippen LogP contribution in [0.5, 0.6) is 0 Å². The maximum Gasteiger partial charge on any atom is 0.311 e. The molecule has 2 rings (SSSR count). The van der Waals surface area contributed by atoms with E-state index in [9.17, 15) is 19.1 Å². The highest BCUT2D eigenvalue weighted by atomic mass is 19.1. The van der Waals surface area contributed by atoms with E-state index in [-0.39, 0.29) is 24.2 Å². The molecule has 0 heterocycles. The zero-order chi connectivity index (χ0) is 15.5. The van der Waals surface area contributed by atoms with Crippen molar-refractivity contribution in [3.05, 3.63) is 35.6 Å². The van der Waals surface area contributed by atoms with Crippen LogP contribution in [0.25, 0.3) is 0 Å². The summed E-state index contributed by atoms with van der Waals surface area (Å²) >= 11 is 0. The number of carbonyl (C=O) groups excluding carboxylic acids is 1. The highest BCUT2D eigenvalue weighted by Gasteiger charge is 2.45. The van der Waals surface area contributed by atoms with Crippen molar-refractivity contribution in [2.75, 3.05) is 0 Å². The fraction of sp³-hybridized carbons (Fsp3) is 0.500. The van der Waals surface area contributed by atoms with Crippen molar-refractivity contribution in [1.29, 1.82) is 0 Å². The van der Waals surface area contributed by atoms with E-state index in [0.29, 0.717) is 19.3 Å². The molecular weight excluding hydrogens is 273 g/mol. The first kappa shape index (κ1) is 15.5. The standard InChI is InChI=1S/C16H20FNO3/c1-16(15(20)21)10-2-3-13(16)18-14(19)9-6-11-4-7-12(17)8-5-11/h4-5,7-8,13H,2-3,6,9-10H2,1H3,(H,18,19)(H,20,21). The van der Waals surface area contributed by atoms with Gasteiger partial charge in [-0.15, -0.1) is 0 Å². The highest BCUT2D eigenvalue weighted by molar-refractivity contribution is 5.80. The minimum absolute atomic E-state index is 0.154. The van der Waals surface area contributed by atoms with Gasteiger partial charge < -0.3 is 10.4 Å². The molecule has 2 N–H and O–H groups in total. The molecule has 21 heavy (non-hydrogen) atoms. The second-order valence-corrected chi connectivity index (χ2v) is 5.86. The number of carboxylic acids is 1. The lowest BCUT2D eigenvalue weighted by atomic mass is 9.85. The lowest BCUT2D eigenvalue weighted by Gasteiger charge is -2.27. The van der Waals surface area contributed by atoms with Gasteiger partial charge in [-0.05, 0) is 43.9 Å². The first-order valence-electron chi connectivity index (χ1n) is 7.19. The Morgan fingerprint density at radius 3 is 2.67 bits per heavy atom. The van der Waals surface area contributed by atoms with Crippen LogP contribution in [0.15, 0.2) is 24.3 Å². The van der Waals surface area contributed by atoms with Crippen molar-refractivity contribution in [3.8, 4) is 0 Å². The third kappa shape index (κ3) is 3.60. The number of rotatable bonds is 5. The minimum atomic E-state index is -0.870. The number of aliphatic carboxylic acids is 1. The molecule has 1 aliphatic rings. The van der Waals surface area contributed by atoms with E-state index in [4.69, 9.17) is 0 Å². The molecule has 0 aliphatic heterocycles. The third-order valence-corrected chi connectivity index (χ3v) is 4.34. The summed E-state index contributed by atoms with van der Waals surface area (Å²) in [4.78, 5) is 23.3. The van der Waals surface area contributed by atoms with Crippen molar-refractivity contribution >= 4 is 11.9 Å². The Bertz CT molecular complexity index is 529. The van der Waals surface area contributed by atoms with E-state index in [0.717, 1.165) is 12.0 Å². The summed E-state index contributed by atoms with van der Waals surface area (Å²) in [5.41, 5.74) is 0.0184. The van der Waals surface area contributed by atoms with Gasteiger partial charge in [0, 0.05) is 12.5 Å². The van der Waals surface area contributed by atoms with Crippen LogP contribution in [-0.4, -0.2) is 23.0 Å². The second kappa shape index (κ2) is 6.24. The van der Waals surface area contributed by atoms with Crippen molar-refractivity contribution in [2.45, 2.75) is 45.1 Å². The Kier molecular flexibility index (Phi) is 4.60. The summed E-state index contributed by atoms with van der Waals surface area (Å²) in [5.74, 6) is -1.31. The van der Waals surface area contributed by atoms with Crippen LogP contribution in [0.4, 0.5) is 4.39 Å². The smallest absolute Gasteiger partial charge is 0.311 e. The summed E-state index contributed by atoms with van der Waals surface area (Å²) in [7, 11) is 0. The number of carbonyl (C=O) groups is 2. The molecule has 1 amide bonds. The Balaban J connectivity index is 1.87. The third-order valence-electron chi connectivity index (χ3n) is 4.34. The molecule has 2 atom stereocenters. The summed E-state index contributed by atoms with van der Waals surface area (Å²) in [6, 6.07) is 5.73. The first-order valence-corrected chi connectivity index (χ1v) is 7.19. The van der Waals surface area contributed by atoms with Crippen molar-refractivity contribution in [3.63, 3.8) is 0 Å². The highest BCUT2D eigenvalue weighted by Crippen LogP contribution is 2.38. The van der Waals surface area contributed by atoms with Crippen LogP contribution in [0, 0.1) is 11.2 Å². The molecular formula is C16H20FNO3. The van der Waals surface area contributed by atoms with Gasteiger partial charge >= 0.3 is 5.97 Å². The number of nitrogens with one attached hydrogen (secondary N) is 1. The van der Waals surface area contributed by atoms with E-state index in [1.54, 1.807) is 19.1 Å². The largest absolute Gasteiger partial charge is 0.481 e. The van der Waals surface area contributed by atoms with E-state index in [2.05, 4.69) is 5.32 Å². The number of hydrogen-bond acceptors (Lipinski definition) is 2. The average Bonchev–Trinajstić information content (AvgIpc) is 2.81. The molecule has 1 fully saturated rings. The molecule has 0 aromatic heterocycles. The fourth-order valence-corrected chi connectivity index (χ4v) is 2.83. The molecule has 0 radical (unpaired) electrons. The van der Waals surface area contributed by atoms with Gasteiger partial charge in [0.1, 0.15) is 5.82 Å². The zero-order valence-corrected chi connectivity index (χ0v) is 12.1. The maximum atomic E-state index is 12.8. The van der Waals surface area contributed by atoms with Crippen LogP contribution in [0.1, 0.15) is 38.2 Å². The molecule has 5 heteroatoms. The monoisotopic (exact) mass is 293 g/mol. The van der Waals surface area contributed by atoms with Gasteiger partial charge in [-0.1, -0.05) is 18.6 Å². The summed E-state index contributed by atoms with van der Waals surface area (Å²) < 4.78 is 12.8. The van der Waals surface area contributed by atoms with Crippen LogP contribution in [0.3, 0.4) is 0 Å². The van der Waals surface area contributed by atoms with E-state index < -0.39 is 11.4 Å². The molecule has 0 spiro atoms. The van der Waals surface area contributed by atoms with Gasteiger partial charge in [0.2, 0.25) is 5.91 Å². The Morgan fingerprint density at radius 1 is 1.38 bits per heavy atom. The van der Waals surface area contributed by atoms with Crippen LogP contribution < -0.4 is 5.32 Å². The summed E-state index contributed by atoms with van der Waals surface area (Å²) in [6.07, 6.45) is 2.89. The minimum Gasteiger partial charge on any atom is -0.481 e. The average molecular weight is 293 g/mol. The summed E-state index contributed by atoms with van der Waals surface area (Å²) in [6.45, 7) is 1.69. The lowest BCUT2D eigenvalue weighted by Crippen LogP contribution is -2.47. The second-order valence-electron chi connectivity index (χ2n) is 5.86. The molecule has 2 unspecified atom stereocenters. The van der Waals surface area contributed by atoms with E-state index in [1.165, 1.54) is 12.1 Å². The molecule has 1 aromatic rings. The summed E-state index contributed by atoms with van der Waals surface area (Å²) in [5, 5.41) is 12.1. The predicted molar refractivity (Wildman–Crippen MR) is 76.2 cm³/mol. The van der Waals surface area contributed by atoms with Gasteiger partial charge in [0.15, 0.2) is 0 Å². The number of halogens is 1. The molecule has 114 valence electrons. The fourth-order valence-electron chi connectivity index (χ4n) is 2.83. The normalized spacial score (nSPS) is 24.8. The first-order chi connectivity index (χ1) is 9.91. The number of hydrogen-bond donors (Lipinski definition) is 2. The molecule has 1 saturated carbocycles.